The molecule has 0 aliphatic heterocycles. The van der Waals surface area contributed by atoms with E-state index in [9.17, 15) is 0 Å². The van der Waals surface area contributed by atoms with E-state index in [0.717, 1.165) is 0 Å². The molecule has 47 valence electrons. The third kappa shape index (κ3) is 39.6. The molecule has 0 N–H and O–H groups in total. The van der Waals surface area contributed by atoms with Gasteiger partial charge in [0.05, 0.1) is 0 Å². The maximum atomic E-state index is 0. The summed E-state index contributed by atoms with van der Waals surface area (Å²) in [6.45, 7) is 0. The normalized spacial score (nSPS) is 0. The number of rotatable bonds is 0. The maximum Gasteiger partial charge on any atom is 0 e. The summed E-state index contributed by atoms with van der Waals surface area (Å²) in [5.41, 5.74) is 0. The molecule has 0 aromatic rings. The van der Waals surface area contributed by atoms with Crippen molar-refractivity contribution in [2.75, 3.05) is 0 Å². The van der Waals surface area contributed by atoms with E-state index in [-0.39, 0.29) is 130 Å². The van der Waals surface area contributed by atoms with E-state index < -0.39 is 0 Å². The molecule has 0 amide bonds. The quantitative estimate of drug-likeness (QED) is 0.353. The zero-order chi connectivity index (χ0) is 0. The van der Waals surface area contributed by atoms with Gasteiger partial charge in [0.25, 0.3) is 0 Å². The Morgan fingerprint density at radius 1 is 1.00 bits per heavy atom. The van der Waals surface area contributed by atoms with Gasteiger partial charge in [0.15, 0.2) is 0 Å². The molecule has 0 spiro atoms. The molecule has 0 aromatic heterocycles. The van der Waals surface area contributed by atoms with E-state index in [1.54, 1.807) is 0 Å². The van der Waals surface area contributed by atoms with E-state index in [0.29, 0.717) is 0 Å². The van der Waals surface area contributed by atoms with Crippen LogP contribution in [0.2, 0.25) is 0 Å². The predicted octanol–water partition coefficient (Wildman–Crippen LogP) is -2.38. The second kappa shape index (κ2) is 50.0. The second-order valence-corrected chi connectivity index (χ2v) is 0. The second-order valence-electron chi connectivity index (χ2n) is 0. The molecule has 0 unspecified atom stereocenters. The van der Waals surface area contributed by atoms with Gasteiger partial charge >= 0.3 is 34.7 Å². The fourth-order valence-electron chi connectivity index (χ4n) is 0. The van der Waals surface area contributed by atoms with Crippen molar-refractivity contribution < 1.29 is 95.2 Å². The Morgan fingerprint density at radius 3 is 1.00 bits per heavy atom. The van der Waals surface area contributed by atoms with Gasteiger partial charge in [0.1, 0.15) is 0 Å². The molecule has 0 aromatic carbocycles. The summed E-state index contributed by atoms with van der Waals surface area (Å²) in [7, 11) is 0. The van der Waals surface area contributed by atoms with Crippen molar-refractivity contribution in [2.45, 2.75) is 0 Å². The van der Waals surface area contributed by atoms with Crippen molar-refractivity contribution >= 4 is 34.7 Å². The van der Waals surface area contributed by atoms with E-state index in [1.165, 1.54) is 0 Å². The van der Waals surface area contributed by atoms with Crippen LogP contribution >= 0.6 is 0 Å². The third-order valence-electron chi connectivity index (χ3n) is 0. The van der Waals surface area contributed by atoms with Crippen LogP contribution in [0.1, 0.15) is 0 Å². The average molecular weight is 463 g/mol. The van der Waals surface area contributed by atoms with Gasteiger partial charge in [-0.1, -0.05) is 0 Å². The van der Waals surface area contributed by atoms with Crippen molar-refractivity contribution in [2.24, 2.45) is 0 Å². The summed E-state index contributed by atoms with van der Waals surface area (Å²) in [4.78, 5) is 0. The summed E-state index contributed by atoms with van der Waals surface area (Å²) in [6.07, 6.45) is 0. The van der Waals surface area contributed by atoms with Crippen molar-refractivity contribution in [1.29, 1.82) is 0 Å². The molecule has 0 rings (SSSR count). The molecular weight excluding hydrogens is 457 g/mol. The SMILES string of the molecule is [Cr].[GeH4].[Mo].[Ni].[SeH2].[Ti].[V]. The minimum Gasteiger partial charge on any atom is 0 e. The van der Waals surface area contributed by atoms with E-state index >= 15 is 0 Å². The van der Waals surface area contributed by atoms with Crippen molar-refractivity contribution in [3.63, 3.8) is 0 Å². The molecule has 7 heteroatoms. The molecular formula is H6CrGeMoNiSeTiV. The average Bonchev–Trinajstić information content (AvgIpc) is 0. The van der Waals surface area contributed by atoms with E-state index in [1.807, 2.05) is 0 Å². The molecule has 0 aliphatic rings. The Labute approximate surface area is 127 Å². The van der Waals surface area contributed by atoms with Crippen molar-refractivity contribution in [1.82, 2.24) is 0 Å². The molecule has 0 fully saturated rings. The minimum absolute atomic E-state index is 0. The van der Waals surface area contributed by atoms with Gasteiger partial charge in [-0.15, -0.1) is 0 Å². The monoisotopic (exact) mass is 467 g/mol. The van der Waals surface area contributed by atoms with Crippen LogP contribution in [0.4, 0.5) is 0 Å². The summed E-state index contributed by atoms with van der Waals surface area (Å²) < 4.78 is 0. The number of hydrogen-bond acceptors (Lipinski definition) is 0. The van der Waals surface area contributed by atoms with Gasteiger partial charge in [-0.05, 0) is 0 Å². The van der Waals surface area contributed by atoms with Gasteiger partial charge in [-0.2, -0.15) is 0 Å². The largest absolute Gasteiger partial charge is 0 e. The van der Waals surface area contributed by atoms with Crippen LogP contribution < -0.4 is 0 Å². The van der Waals surface area contributed by atoms with Gasteiger partial charge < -0.3 is 0 Å². The van der Waals surface area contributed by atoms with E-state index in [4.69, 9.17) is 0 Å². The topological polar surface area (TPSA) is 0 Å². The fraction of sp³-hybridized carbons (Fsp3) is 0. The molecule has 0 nitrogen and oxygen atoms in total. The fourth-order valence-corrected chi connectivity index (χ4v) is 0. The van der Waals surface area contributed by atoms with Crippen LogP contribution in [0, 0.1) is 0 Å². The molecule has 7 heavy (non-hydrogen) atoms. The molecule has 1 radical (unpaired) electrons. The van der Waals surface area contributed by atoms with Crippen LogP contribution in [0.15, 0.2) is 0 Å². The molecule has 0 aliphatic carbocycles. The molecule has 0 saturated heterocycles. The van der Waals surface area contributed by atoms with Crippen molar-refractivity contribution in [3.05, 3.63) is 0 Å². The minimum atomic E-state index is 0. The first-order valence-electron chi connectivity index (χ1n) is 0. The zero-order valence-corrected chi connectivity index (χ0v) is 11.9. The Kier molecular flexibility index (Phi) is 483. The third-order valence-corrected chi connectivity index (χ3v) is 0. The van der Waals surface area contributed by atoms with Gasteiger partial charge in [-0.25, -0.2) is 0 Å². The molecule has 0 saturated carbocycles. The smallest absolute Gasteiger partial charge is 0 e. The predicted molar refractivity (Wildman–Crippen MR) is 19.9 cm³/mol. The standard InChI is InChI=1S/Cr.GeH4.Mo.Ni.H2Se.Ti.V/h;1H4;;;1H2;;. The van der Waals surface area contributed by atoms with Gasteiger partial charge in [-0.3, -0.25) is 0 Å². The van der Waals surface area contributed by atoms with Crippen LogP contribution in [0.25, 0.3) is 0 Å². The van der Waals surface area contributed by atoms with Gasteiger partial charge in [0.2, 0.25) is 0 Å². The summed E-state index contributed by atoms with van der Waals surface area (Å²) >= 11 is 0. The van der Waals surface area contributed by atoms with E-state index in [2.05, 4.69) is 0 Å². The molecule has 0 atom stereocenters. The summed E-state index contributed by atoms with van der Waals surface area (Å²) in [5, 5.41) is 0. The summed E-state index contributed by atoms with van der Waals surface area (Å²) in [5.74, 6) is 0. The molecule has 0 bridgehead atoms. The Bertz CT molecular complexity index is 19.7. The van der Waals surface area contributed by atoms with Crippen LogP contribution in [-0.2, 0) is 95.2 Å². The maximum absolute atomic E-state index is 0. The first-order chi connectivity index (χ1) is 0. The van der Waals surface area contributed by atoms with Crippen LogP contribution in [0.5, 0.6) is 0 Å². The van der Waals surface area contributed by atoms with Crippen molar-refractivity contribution in [3.8, 4) is 0 Å². The molecule has 0 heterocycles. The van der Waals surface area contributed by atoms with Crippen LogP contribution in [-0.4, -0.2) is 34.7 Å². The number of hydrogen-bond donors (Lipinski definition) is 0. The van der Waals surface area contributed by atoms with Crippen LogP contribution in [0.3, 0.4) is 0 Å². The first kappa shape index (κ1) is 67.7. The first-order valence-corrected chi connectivity index (χ1v) is 0. The Hall–Kier alpha value is 4.08. The zero-order valence-electron chi connectivity index (χ0n) is 2.58. The Balaban J connectivity index is 0. The van der Waals surface area contributed by atoms with Gasteiger partial charge in [0, 0.05) is 95.2 Å². The summed E-state index contributed by atoms with van der Waals surface area (Å²) in [6, 6.07) is 0. The Morgan fingerprint density at radius 2 is 1.00 bits per heavy atom.